The molecule has 2 heterocycles. The van der Waals surface area contributed by atoms with Gasteiger partial charge < -0.3 is 9.73 Å². The van der Waals surface area contributed by atoms with Crippen LogP contribution in [0.1, 0.15) is 18.9 Å². The number of rotatable bonds is 4. The van der Waals surface area contributed by atoms with Crippen molar-refractivity contribution < 1.29 is 4.42 Å². The average Bonchev–Trinajstić information content (AvgIpc) is 2.88. The summed E-state index contributed by atoms with van der Waals surface area (Å²) in [5, 5.41) is 4.41. The van der Waals surface area contributed by atoms with Crippen LogP contribution in [-0.4, -0.2) is 11.5 Å². The largest absolute Gasteiger partial charge is 0.454 e. The first kappa shape index (κ1) is 12.7. The molecular weight excluding hydrogens is 248 g/mol. The number of nitrogens with zero attached hydrogens (tertiary/aromatic N) is 1. The van der Waals surface area contributed by atoms with Gasteiger partial charge in [0, 0.05) is 11.9 Å². The van der Waals surface area contributed by atoms with E-state index >= 15 is 0 Å². The van der Waals surface area contributed by atoms with Gasteiger partial charge in [-0.1, -0.05) is 24.6 Å². The Kier molecular flexibility index (Phi) is 3.42. The van der Waals surface area contributed by atoms with Crippen molar-refractivity contribution in [1.82, 2.24) is 4.98 Å². The van der Waals surface area contributed by atoms with E-state index in [9.17, 15) is 0 Å². The molecule has 0 aliphatic carbocycles. The number of fused-ring (bicyclic) bond motifs is 1. The van der Waals surface area contributed by atoms with Crippen LogP contribution in [0, 0.1) is 6.92 Å². The normalized spacial score (nSPS) is 10.9. The first-order chi connectivity index (χ1) is 9.76. The minimum Gasteiger partial charge on any atom is -0.454 e. The topological polar surface area (TPSA) is 38.1 Å². The Labute approximate surface area is 118 Å². The molecule has 0 radical (unpaired) electrons. The highest BCUT2D eigenvalue weighted by Gasteiger charge is 2.08. The minimum absolute atomic E-state index is 0.811. The minimum atomic E-state index is 0.811. The molecule has 1 N–H and O–H groups in total. The van der Waals surface area contributed by atoms with Crippen molar-refractivity contribution in [2.24, 2.45) is 0 Å². The molecule has 1 aromatic carbocycles. The molecule has 0 saturated heterocycles. The zero-order valence-corrected chi connectivity index (χ0v) is 11.8. The van der Waals surface area contributed by atoms with E-state index in [1.54, 1.807) is 0 Å². The summed E-state index contributed by atoms with van der Waals surface area (Å²) < 4.78 is 5.88. The first-order valence-electron chi connectivity index (χ1n) is 6.98. The third-order valence-electron chi connectivity index (χ3n) is 3.23. The van der Waals surface area contributed by atoms with E-state index < -0.39 is 0 Å². The first-order valence-corrected chi connectivity index (χ1v) is 6.98. The van der Waals surface area contributed by atoms with Crippen LogP contribution in [0.3, 0.4) is 0 Å². The van der Waals surface area contributed by atoms with Gasteiger partial charge in [0.15, 0.2) is 5.76 Å². The molecule has 3 heteroatoms. The summed E-state index contributed by atoms with van der Waals surface area (Å²) in [4.78, 5) is 4.59. The summed E-state index contributed by atoms with van der Waals surface area (Å²) in [6, 6.07) is 14.2. The van der Waals surface area contributed by atoms with Crippen LogP contribution in [0.5, 0.6) is 0 Å². The molecule has 3 aromatic rings. The van der Waals surface area contributed by atoms with Crippen molar-refractivity contribution >= 4 is 16.8 Å². The molecule has 0 unspecified atom stereocenters. The van der Waals surface area contributed by atoms with Gasteiger partial charge in [-0.2, -0.15) is 0 Å². The monoisotopic (exact) mass is 266 g/mol. The van der Waals surface area contributed by atoms with Crippen molar-refractivity contribution in [3.05, 3.63) is 48.0 Å². The molecular formula is C17H18N2O. The Balaban J connectivity index is 1.97. The van der Waals surface area contributed by atoms with Gasteiger partial charge in [-0.3, -0.25) is 0 Å². The van der Waals surface area contributed by atoms with Crippen LogP contribution in [0.25, 0.3) is 22.4 Å². The molecule has 0 atom stereocenters. The maximum atomic E-state index is 5.88. The zero-order chi connectivity index (χ0) is 13.9. The van der Waals surface area contributed by atoms with Crippen LogP contribution in [0.2, 0.25) is 0 Å². The van der Waals surface area contributed by atoms with Gasteiger partial charge in [-0.25, -0.2) is 4.98 Å². The number of hydrogen-bond acceptors (Lipinski definition) is 3. The molecule has 0 saturated carbocycles. The lowest BCUT2D eigenvalue weighted by atomic mass is 10.2. The molecule has 0 fully saturated rings. The molecule has 102 valence electrons. The van der Waals surface area contributed by atoms with Crippen LogP contribution in [0.4, 0.5) is 5.82 Å². The second-order valence-corrected chi connectivity index (χ2v) is 4.99. The van der Waals surface area contributed by atoms with Crippen molar-refractivity contribution in [3.8, 4) is 11.5 Å². The van der Waals surface area contributed by atoms with Crippen LogP contribution >= 0.6 is 0 Å². The van der Waals surface area contributed by atoms with E-state index in [4.69, 9.17) is 4.42 Å². The highest BCUT2D eigenvalue weighted by atomic mass is 16.3. The predicted molar refractivity (Wildman–Crippen MR) is 83.0 cm³/mol. The van der Waals surface area contributed by atoms with Gasteiger partial charge in [0.1, 0.15) is 17.1 Å². The molecule has 0 bridgehead atoms. The summed E-state index contributed by atoms with van der Waals surface area (Å²) in [5.74, 6) is 1.70. The Morgan fingerprint density at radius 1 is 1.15 bits per heavy atom. The van der Waals surface area contributed by atoms with E-state index in [1.165, 1.54) is 5.56 Å². The van der Waals surface area contributed by atoms with Gasteiger partial charge in [0.05, 0.1) is 0 Å². The lowest BCUT2D eigenvalue weighted by molar-refractivity contribution is 0.628. The van der Waals surface area contributed by atoms with E-state index in [1.807, 2.05) is 30.3 Å². The van der Waals surface area contributed by atoms with Crippen LogP contribution in [0.15, 0.2) is 46.9 Å². The van der Waals surface area contributed by atoms with E-state index in [-0.39, 0.29) is 0 Å². The second kappa shape index (κ2) is 5.37. The molecule has 0 amide bonds. The number of benzene rings is 1. The van der Waals surface area contributed by atoms with Crippen molar-refractivity contribution in [3.63, 3.8) is 0 Å². The predicted octanol–water partition coefficient (Wildman–Crippen LogP) is 4.63. The van der Waals surface area contributed by atoms with Crippen molar-refractivity contribution in [2.45, 2.75) is 20.3 Å². The number of aryl methyl sites for hydroxylation is 1. The van der Waals surface area contributed by atoms with Crippen molar-refractivity contribution in [1.29, 1.82) is 0 Å². The Hall–Kier alpha value is -2.29. The number of furan rings is 1. The van der Waals surface area contributed by atoms with Gasteiger partial charge in [-0.05, 0) is 43.7 Å². The molecule has 0 spiro atoms. The lowest BCUT2D eigenvalue weighted by Crippen LogP contribution is -2.01. The number of nitrogens with one attached hydrogen (secondary N) is 1. The maximum absolute atomic E-state index is 5.88. The summed E-state index contributed by atoms with van der Waals surface area (Å²) in [5.41, 5.74) is 3.00. The van der Waals surface area contributed by atoms with E-state index in [2.05, 4.69) is 36.3 Å². The standard InChI is InChI=1S/C17H18N2O/c1-3-9-18-17-6-4-5-14(19-17)16-11-13-10-12(2)7-8-15(13)20-16/h4-8,10-11H,3,9H2,1-2H3,(H,18,19). The summed E-state index contributed by atoms with van der Waals surface area (Å²) >= 11 is 0. The molecule has 3 rings (SSSR count). The highest BCUT2D eigenvalue weighted by Crippen LogP contribution is 2.27. The fourth-order valence-corrected chi connectivity index (χ4v) is 2.21. The van der Waals surface area contributed by atoms with Gasteiger partial charge in [0.2, 0.25) is 0 Å². The molecule has 20 heavy (non-hydrogen) atoms. The third kappa shape index (κ3) is 2.52. The quantitative estimate of drug-likeness (QED) is 0.748. The summed E-state index contributed by atoms with van der Waals surface area (Å²) in [6.45, 7) is 5.15. The number of anilines is 1. The highest BCUT2D eigenvalue weighted by molar-refractivity contribution is 5.82. The fourth-order valence-electron chi connectivity index (χ4n) is 2.21. The lowest BCUT2D eigenvalue weighted by Gasteiger charge is -2.04. The Bertz CT molecular complexity index is 731. The average molecular weight is 266 g/mol. The number of hydrogen-bond donors (Lipinski definition) is 1. The Morgan fingerprint density at radius 3 is 2.90 bits per heavy atom. The Morgan fingerprint density at radius 2 is 2.05 bits per heavy atom. The third-order valence-corrected chi connectivity index (χ3v) is 3.23. The summed E-state index contributed by atoms with van der Waals surface area (Å²) in [6.07, 6.45) is 1.08. The molecule has 0 aliphatic rings. The molecule has 3 nitrogen and oxygen atoms in total. The van der Waals surface area contributed by atoms with Crippen molar-refractivity contribution in [2.75, 3.05) is 11.9 Å². The maximum Gasteiger partial charge on any atom is 0.153 e. The van der Waals surface area contributed by atoms with E-state index in [0.29, 0.717) is 0 Å². The second-order valence-electron chi connectivity index (χ2n) is 4.99. The SMILES string of the molecule is CCCNc1cccc(-c2cc3cc(C)ccc3o2)n1. The van der Waals surface area contributed by atoms with Gasteiger partial charge in [-0.15, -0.1) is 0 Å². The number of aromatic nitrogens is 1. The van der Waals surface area contributed by atoms with Crippen LogP contribution < -0.4 is 5.32 Å². The fraction of sp³-hybridized carbons (Fsp3) is 0.235. The molecule has 0 aliphatic heterocycles. The number of pyridine rings is 1. The van der Waals surface area contributed by atoms with E-state index in [0.717, 1.165) is 41.2 Å². The van der Waals surface area contributed by atoms with Crippen LogP contribution in [-0.2, 0) is 0 Å². The smallest absolute Gasteiger partial charge is 0.153 e. The van der Waals surface area contributed by atoms with Gasteiger partial charge in [0.25, 0.3) is 0 Å². The van der Waals surface area contributed by atoms with Gasteiger partial charge >= 0.3 is 0 Å². The molecule has 2 aromatic heterocycles. The summed E-state index contributed by atoms with van der Waals surface area (Å²) in [7, 11) is 0. The zero-order valence-electron chi connectivity index (χ0n) is 11.8.